The van der Waals surface area contributed by atoms with Gasteiger partial charge >= 0.3 is 0 Å². The zero-order chi connectivity index (χ0) is 11.0. The number of nitrogens with one attached hydrogen (secondary N) is 1. The molecule has 1 fully saturated rings. The zero-order valence-electron chi connectivity index (χ0n) is 9.51. The Morgan fingerprint density at radius 1 is 1.12 bits per heavy atom. The summed E-state index contributed by atoms with van der Waals surface area (Å²) in [5, 5.41) is 3.82. The molecule has 86 valence electrons. The van der Waals surface area contributed by atoms with Crippen molar-refractivity contribution in [2.75, 3.05) is 0 Å². The summed E-state index contributed by atoms with van der Waals surface area (Å²) in [5.41, 5.74) is 3.08. The molecule has 1 nitrogen and oxygen atoms in total. The summed E-state index contributed by atoms with van der Waals surface area (Å²) in [5.74, 6) is 0. The molecule has 1 saturated carbocycles. The fraction of sp³-hybridized carbons (Fsp3) is 0.571. The second-order valence-electron chi connectivity index (χ2n) is 5.08. The van der Waals surface area contributed by atoms with Gasteiger partial charge in [-0.2, -0.15) is 0 Å². The van der Waals surface area contributed by atoms with Crippen LogP contribution in [0, 0.1) is 0 Å². The van der Waals surface area contributed by atoms with Crippen molar-refractivity contribution in [3.05, 3.63) is 33.8 Å². The first-order chi connectivity index (χ1) is 7.83. The fourth-order valence-corrected chi connectivity index (χ4v) is 3.22. The van der Waals surface area contributed by atoms with Crippen molar-refractivity contribution < 1.29 is 0 Å². The highest BCUT2D eigenvalue weighted by atomic mass is 79.9. The van der Waals surface area contributed by atoms with Gasteiger partial charge in [0.25, 0.3) is 0 Å². The van der Waals surface area contributed by atoms with Crippen molar-refractivity contribution in [2.45, 2.75) is 50.6 Å². The van der Waals surface area contributed by atoms with Gasteiger partial charge in [-0.15, -0.1) is 0 Å². The molecule has 1 aromatic carbocycles. The van der Waals surface area contributed by atoms with E-state index in [0.29, 0.717) is 6.04 Å². The summed E-state index contributed by atoms with van der Waals surface area (Å²) in [6.07, 6.45) is 8.05. The molecule has 1 N–H and O–H groups in total. The van der Waals surface area contributed by atoms with Crippen LogP contribution in [0.4, 0.5) is 0 Å². The Balaban J connectivity index is 1.81. The van der Waals surface area contributed by atoms with Crippen molar-refractivity contribution in [3.63, 3.8) is 0 Å². The summed E-state index contributed by atoms with van der Waals surface area (Å²) in [6, 6.07) is 8.18. The van der Waals surface area contributed by atoms with Crippen molar-refractivity contribution in [1.82, 2.24) is 5.32 Å². The van der Waals surface area contributed by atoms with E-state index in [1.807, 2.05) is 0 Å². The maximum absolute atomic E-state index is 3.82. The number of benzene rings is 1. The molecule has 1 atom stereocenters. The molecule has 2 aliphatic rings. The van der Waals surface area contributed by atoms with Crippen LogP contribution in [0.2, 0.25) is 0 Å². The van der Waals surface area contributed by atoms with Crippen molar-refractivity contribution in [2.24, 2.45) is 0 Å². The van der Waals surface area contributed by atoms with Crippen LogP contribution in [0.5, 0.6) is 0 Å². The molecular formula is C14H18BrN. The minimum Gasteiger partial charge on any atom is -0.307 e. The maximum atomic E-state index is 3.82. The quantitative estimate of drug-likeness (QED) is 0.864. The standard InChI is InChI=1S/C14H18BrN/c15-11-7-8-13-10(9-11)3-1-6-14(13)16-12-4-2-5-12/h7-9,12,14,16H,1-6H2. The third-order valence-electron chi connectivity index (χ3n) is 3.96. The van der Waals surface area contributed by atoms with E-state index in [2.05, 4.69) is 39.4 Å². The van der Waals surface area contributed by atoms with Crippen molar-refractivity contribution >= 4 is 15.9 Å². The first kappa shape index (κ1) is 10.8. The van der Waals surface area contributed by atoms with Crippen LogP contribution < -0.4 is 5.32 Å². The Bertz CT molecular complexity index is 384. The lowest BCUT2D eigenvalue weighted by molar-refractivity contribution is 0.290. The van der Waals surface area contributed by atoms with Gasteiger partial charge in [0.05, 0.1) is 0 Å². The minimum absolute atomic E-state index is 0.613. The normalized spacial score (nSPS) is 24.9. The van der Waals surface area contributed by atoms with E-state index in [1.165, 1.54) is 48.6 Å². The Labute approximate surface area is 106 Å². The molecule has 0 heterocycles. The highest BCUT2D eigenvalue weighted by molar-refractivity contribution is 9.10. The number of aryl methyl sites for hydroxylation is 1. The smallest absolute Gasteiger partial charge is 0.0325 e. The molecule has 0 radical (unpaired) electrons. The van der Waals surface area contributed by atoms with Gasteiger partial charge in [0, 0.05) is 16.6 Å². The van der Waals surface area contributed by atoms with E-state index >= 15 is 0 Å². The number of hydrogen-bond acceptors (Lipinski definition) is 1. The molecule has 2 aliphatic carbocycles. The number of fused-ring (bicyclic) bond motifs is 1. The largest absolute Gasteiger partial charge is 0.307 e. The first-order valence-corrected chi connectivity index (χ1v) is 7.16. The zero-order valence-corrected chi connectivity index (χ0v) is 11.1. The topological polar surface area (TPSA) is 12.0 Å². The summed E-state index contributed by atoms with van der Waals surface area (Å²) in [4.78, 5) is 0. The van der Waals surface area contributed by atoms with Crippen molar-refractivity contribution in [1.29, 1.82) is 0 Å². The molecular weight excluding hydrogens is 262 g/mol. The molecule has 1 aromatic rings. The fourth-order valence-electron chi connectivity index (χ4n) is 2.82. The molecule has 0 saturated heterocycles. The number of rotatable bonds is 2. The highest BCUT2D eigenvalue weighted by Gasteiger charge is 2.25. The lowest BCUT2D eigenvalue weighted by Crippen LogP contribution is -2.39. The molecule has 0 amide bonds. The number of hydrogen-bond donors (Lipinski definition) is 1. The summed E-state index contributed by atoms with van der Waals surface area (Å²) < 4.78 is 1.22. The van der Waals surface area contributed by atoms with Crippen LogP contribution in [0.15, 0.2) is 22.7 Å². The molecule has 0 spiro atoms. The molecule has 0 bridgehead atoms. The van der Waals surface area contributed by atoms with E-state index in [1.54, 1.807) is 5.56 Å². The van der Waals surface area contributed by atoms with E-state index in [-0.39, 0.29) is 0 Å². The third kappa shape index (κ3) is 2.05. The Kier molecular flexibility index (Phi) is 3.03. The van der Waals surface area contributed by atoms with E-state index in [4.69, 9.17) is 0 Å². The second kappa shape index (κ2) is 4.50. The maximum Gasteiger partial charge on any atom is 0.0325 e. The van der Waals surface area contributed by atoms with Gasteiger partial charge in [0.2, 0.25) is 0 Å². The summed E-state index contributed by atoms with van der Waals surface area (Å²) in [7, 11) is 0. The van der Waals surface area contributed by atoms with Gasteiger partial charge in [-0.3, -0.25) is 0 Å². The molecule has 1 unspecified atom stereocenters. The van der Waals surface area contributed by atoms with E-state index in [0.717, 1.165) is 6.04 Å². The monoisotopic (exact) mass is 279 g/mol. The van der Waals surface area contributed by atoms with Crippen LogP contribution in [0.1, 0.15) is 49.3 Å². The van der Waals surface area contributed by atoms with E-state index < -0.39 is 0 Å². The van der Waals surface area contributed by atoms with Gasteiger partial charge < -0.3 is 5.32 Å². The summed E-state index contributed by atoms with van der Waals surface area (Å²) >= 11 is 3.57. The van der Waals surface area contributed by atoms with Gasteiger partial charge in [-0.25, -0.2) is 0 Å². The molecule has 0 aliphatic heterocycles. The molecule has 2 heteroatoms. The minimum atomic E-state index is 0.613. The first-order valence-electron chi connectivity index (χ1n) is 6.37. The van der Waals surface area contributed by atoms with Crippen LogP contribution in [-0.2, 0) is 6.42 Å². The Morgan fingerprint density at radius 2 is 2.00 bits per heavy atom. The van der Waals surface area contributed by atoms with Crippen LogP contribution in [0.25, 0.3) is 0 Å². The predicted octanol–water partition coefficient (Wildman–Crippen LogP) is 3.97. The molecule has 3 rings (SSSR count). The van der Waals surface area contributed by atoms with Crippen LogP contribution >= 0.6 is 15.9 Å². The van der Waals surface area contributed by atoms with Gasteiger partial charge in [0.15, 0.2) is 0 Å². The molecule has 0 aromatic heterocycles. The van der Waals surface area contributed by atoms with Crippen LogP contribution in [-0.4, -0.2) is 6.04 Å². The summed E-state index contributed by atoms with van der Waals surface area (Å²) in [6.45, 7) is 0. The SMILES string of the molecule is Brc1ccc2c(c1)CCCC2NC1CCC1. The lowest BCUT2D eigenvalue weighted by Gasteiger charge is -2.34. The van der Waals surface area contributed by atoms with Gasteiger partial charge in [-0.1, -0.05) is 28.4 Å². The van der Waals surface area contributed by atoms with Crippen molar-refractivity contribution in [3.8, 4) is 0 Å². The average Bonchev–Trinajstić information content (AvgIpc) is 2.23. The van der Waals surface area contributed by atoms with Gasteiger partial charge in [-0.05, 0) is 55.4 Å². The van der Waals surface area contributed by atoms with Gasteiger partial charge in [0.1, 0.15) is 0 Å². The predicted molar refractivity (Wildman–Crippen MR) is 70.6 cm³/mol. The third-order valence-corrected chi connectivity index (χ3v) is 4.45. The van der Waals surface area contributed by atoms with Crippen LogP contribution in [0.3, 0.4) is 0 Å². The average molecular weight is 280 g/mol. The number of halogens is 1. The Hall–Kier alpha value is -0.340. The van der Waals surface area contributed by atoms with E-state index in [9.17, 15) is 0 Å². The second-order valence-corrected chi connectivity index (χ2v) is 6.00. The lowest BCUT2D eigenvalue weighted by atomic mass is 9.85. The molecule has 16 heavy (non-hydrogen) atoms. The Morgan fingerprint density at radius 3 is 2.75 bits per heavy atom. The highest BCUT2D eigenvalue weighted by Crippen LogP contribution is 2.33.